The van der Waals surface area contributed by atoms with Crippen molar-refractivity contribution in [1.82, 2.24) is 14.5 Å². The van der Waals surface area contributed by atoms with E-state index in [9.17, 15) is 14.4 Å². The Balaban J connectivity index is 1.84. The van der Waals surface area contributed by atoms with Crippen molar-refractivity contribution in [3.63, 3.8) is 0 Å². The quantitative estimate of drug-likeness (QED) is 0.512. The number of aryl methyl sites for hydroxylation is 2. The first kappa shape index (κ1) is 20.2. The molecule has 4 aromatic rings. The number of furan rings is 1. The first-order chi connectivity index (χ1) is 14.4. The summed E-state index contributed by atoms with van der Waals surface area (Å²) in [7, 11) is 0. The maximum Gasteiger partial charge on any atom is 0.337 e. The predicted octanol–water partition coefficient (Wildman–Crippen LogP) is 3.39. The third-order valence-corrected chi connectivity index (χ3v) is 6.32. The van der Waals surface area contributed by atoms with Gasteiger partial charge >= 0.3 is 5.69 Å². The zero-order valence-corrected chi connectivity index (χ0v) is 17.8. The van der Waals surface area contributed by atoms with E-state index in [0.29, 0.717) is 26.7 Å². The summed E-state index contributed by atoms with van der Waals surface area (Å²) in [6.07, 6.45) is 1.52. The smallest absolute Gasteiger partial charge is 0.337 e. The molecule has 0 saturated carbocycles. The lowest BCUT2D eigenvalue weighted by molar-refractivity contribution is -0.121. The van der Waals surface area contributed by atoms with Crippen molar-refractivity contribution in [3.05, 3.63) is 84.7 Å². The molecule has 0 unspecified atom stereocenters. The third-order valence-electron chi connectivity index (χ3n) is 4.86. The zero-order chi connectivity index (χ0) is 21.4. The number of hydrogen-bond acceptors (Lipinski definition) is 5. The molecule has 9 heteroatoms. The van der Waals surface area contributed by atoms with Crippen molar-refractivity contribution in [2.75, 3.05) is 0 Å². The van der Waals surface area contributed by atoms with Gasteiger partial charge in [0, 0.05) is 9.90 Å². The van der Waals surface area contributed by atoms with Gasteiger partial charge in [0.05, 0.1) is 23.9 Å². The molecular weight excluding hydrogens is 426 g/mol. The van der Waals surface area contributed by atoms with E-state index in [0.717, 1.165) is 15.0 Å². The fourth-order valence-electron chi connectivity index (χ4n) is 3.24. The monoisotopic (exact) mass is 443 g/mol. The largest absolute Gasteiger partial charge is 0.467 e. The Labute approximate surface area is 180 Å². The highest BCUT2D eigenvalue weighted by atomic mass is 35.5. The molecule has 0 aliphatic rings. The van der Waals surface area contributed by atoms with Crippen LogP contribution >= 0.6 is 22.9 Å². The summed E-state index contributed by atoms with van der Waals surface area (Å²) >= 11 is 7.40. The van der Waals surface area contributed by atoms with Crippen LogP contribution in [-0.2, 0) is 17.9 Å². The molecule has 7 nitrogen and oxygen atoms in total. The molecule has 0 spiro atoms. The number of benzene rings is 1. The Morgan fingerprint density at radius 2 is 2.00 bits per heavy atom. The number of halogens is 1. The SMILES string of the molecule is Cc1sc2c(c1C)c(=O)n(-c1cccc(Cl)c1)c(=O)n2CC(=O)NCc1ccco1. The fraction of sp³-hybridized carbons (Fsp3) is 0.190. The van der Waals surface area contributed by atoms with Gasteiger partial charge < -0.3 is 9.73 Å². The van der Waals surface area contributed by atoms with E-state index in [2.05, 4.69) is 5.32 Å². The molecule has 0 atom stereocenters. The van der Waals surface area contributed by atoms with Gasteiger partial charge in [-0.25, -0.2) is 9.36 Å². The number of hydrogen-bond donors (Lipinski definition) is 1. The summed E-state index contributed by atoms with van der Waals surface area (Å²) < 4.78 is 7.61. The molecule has 0 aliphatic carbocycles. The minimum atomic E-state index is -0.593. The van der Waals surface area contributed by atoms with E-state index in [4.69, 9.17) is 16.0 Å². The van der Waals surface area contributed by atoms with Crippen LogP contribution in [0, 0.1) is 13.8 Å². The summed E-state index contributed by atoms with van der Waals surface area (Å²) in [5, 5.41) is 3.56. The Hall–Kier alpha value is -3.10. The maximum atomic E-state index is 13.3. The highest BCUT2D eigenvalue weighted by molar-refractivity contribution is 7.18. The number of carbonyl (C=O) groups excluding carboxylic acids is 1. The summed E-state index contributed by atoms with van der Waals surface area (Å²) in [5.41, 5.74) is 0.128. The normalized spacial score (nSPS) is 11.2. The number of amides is 1. The van der Waals surface area contributed by atoms with Gasteiger partial charge in [-0.3, -0.25) is 14.2 Å². The number of fused-ring (bicyclic) bond motifs is 1. The van der Waals surface area contributed by atoms with Crippen molar-refractivity contribution in [2.24, 2.45) is 0 Å². The minimum Gasteiger partial charge on any atom is -0.467 e. The lowest BCUT2D eigenvalue weighted by Gasteiger charge is -2.12. The molecule has 1 aromatic carbocycles. The number of nitrogens with one attached hydrogen (secondary N) is 1. The van der Waals surface area contributed by atoms with Crippen LogP contribution < -0.4 is 16.6 Å². The Bertz CT molecular complexity index is 1370. The number of nitrogens with zero attached hydrogens (tertiary/aromatic N) is 2. The second kappa shape index (κ2) is 7.97. The zero-order valence-electron chi connectivity index (χ0n) is 16.3. The van der Waals surface area contributed by atoms with Crippen molar-refractivity contribution in [3.8, 4) is 5.69 Å². The molecule has 1 N–H and O–H groups in total. The van der Waals surface area contributed by atoms with Crippen molar-refractivity contribution >= 4 is 39.1 Å². The summed E-state index contributed by atoms with van der Waals surface area (Å²) in [4.78, 5) is 40.5. The molecule has 0 fully saturated rings. The molecule has 4 rings (SSSR count). The Morgan fingerprint density at radius 3 is 2.70 bits per heavy atom. The fourth-order valence-corrected chi connectivity index (χ4v) is 4.56. The molecule has 1 amide bonds. The van der Waals surface area contributed by atoms with Crippen molar-refractivity contribution in [1.29, 1.82) is 0 Å². The number of aromatic nitrogens is 2. The second-order valence-corrected chi connectivity index (χ2v) is 8.45. The van der Waals surface area contributed by atoms with Crippen LogP contribution in [0.2, 0.25) is 5.02 Å². The van der Waals surface area contributed by atoms with Gasteiger partial charge in [0.25, 0.3) is 5.56 Å². The molecular formula is C21H18ClN3O4S. The summed E-state index contributed by atoms with van der Waals surface area (Å²) in [6.45, 7) is 3.70. The lowest BCUT2D eigenvalue weighted by atomic mass is 10.2. The van der Waals surface area contributed by atoms with Crippen LogP contribution in [0.25, 0.3) is 15.9 Å². The molecule has 30 heavy (non-hydrogen) atoms. The van der Waals surface area contributed by atoms with Gasteiger partial charge in [-0.05, 0) is 49.7 Å². The molecule has 0 saturated heterocycles. The van der Waals surface area contributed by atoms with E-state index in [1.165, 1.54) is 22.2 Å². The predicted molar refractivity (Wildman–Crippen MR) is 117 cm³/mol. The van der Waals surface area contributed by atoms with E-state index in [-0.39, 0.29) is 19.0 Å². The standard InChI is InChI=1S/C21H18ClN3O4S/c1-12-13(2)30-20-18(12)19(27)25(15-6-3-5-14(22)9-15)21(28)24(20)11-17(26)23-10-16-7-4-8-29-16/h3-9H,10-11H2,1-2H3,(H,23,26). The molecule has 3 heterocycles. The average Bonchev–Trinajstić information content (AvgIpc) is 3.32. The first-order valence-electron chi connectivity index (χ1n) is 9.17. The van der Waals surface area contributed by atoms with Crippen molar-refractivity contribution in [2.45, 2.75) is 26.9 Å². The first-order valence-corrected chi connectivity index (χ1v) is 10.4. The molecule has 0 bridgehead atoms. The summed E-state index contributed by atoms with van der Waals surface area (Å²) in [5.74, 6) is 0.238. The van der Waals surface area contributed by atoms with Crippen molar-refractivity contribution < 1.29 is 9.21 Å². The van der Waals surface area contributed by atoms with Crippen LogP contribution in [0.1, 0.15) is 16.2 Å². The van der Waals surface area contributed by atoms with E-state index in [1.54, 1.807) is 36.4 Å². The number of thiophene rings is 1. The average molecular weight is 444 g/mol. The van der Waals surface area contributed by atoms with Gasteiger partial charge in [-0.1, -0.05) is 17.7 Å². The number of carbonyl (C=O) groups is 1. The maximum absolute atomic E-state index is 13.3. The highest BCUT2D eigenvalue weighted by Crippen LogP contribution is 2.27. The van der Waals surface area contributed by atoms with E-state index in [1.807, 2.05) is 13.8 Å². The highest BCUT2D eigenvalue weighted by Gasteiger charge is 2.21. The van der Waals surface area contributed by atoms with Crippen LogP contribution in [0.15, 0.2) is 56.7 Å². The van der Waals surface area contributed by atoms with Gasteiger partial charge in [0.2, 0.25) is 5.91 Å². The summed E-state index contributed by atoms with van der Waals surface area (Å²) in [6, 6.07) is 9.99. The topological polar surface area (TPSA) is 86.2 Å². The van der Waals surface area contributed by atoms with E-state index >= 15 is 0 Å². The van der Waals surface area contributed by atoms with Crippen LogP contribution in [-0.4, -0.2) is 15.0 Å². The van der Waals surface area contributed by atoms with E-state index < -0.39 is 11.2 Å². The Morgan fingerprint density at radius 1 is 1.20 bits per heavy atom. The van der Waals surface area contributed by atoms with Crippen LogP contribution in [0.3, 0.4) is 0 Å². The molecule has 0 radical (unpaired) electrons. The minimum absolute atomic E-state index is 0.208. The molecule has 0 aliphatic heterocycles. The second-order valence-electron chi connectivity index (χ2n) is 6.81. The molecule has 3 aromatic heterocycles. The lowest BCUT2D eigenvalue weighted by Crippen LogP contribution is -2.41. The number of rotatable bonds is 5. The van der Waals surface area contributed by atoms with Gasteiger partial charge in [-0.2, -0.15) is 0 Å². The van der Waals surface area contributed by atoms with Gasteiger partial charge in [0.15, 0.2) is 0 Å². The Kier molecular flexibility index (Phi) is 5.36. The third kappa shape index (κ3) is 3.59. The molecule has 154 valence electrons. The van der Waals surface area contributed by atoms with Crippen LogP contribution in [0.5, 0.6) is 0 Å². The van der Waals surface area contributed by atoms with Gasteiger partial charge in [0.1, 0.15) is 17.1 Å². The van der Waals surface area contributed by atoms with Crippen LogP contribution in [0.4, 0.5) is 0 Å². The van der Waals surface area contributed by atoms with Gasteiger partial charge in [-0.15, -0.1) is 11.3 Å².